The Hall–Kier alpha value is -3.47. The van der Waals surface area contributed by atoms with Crippen LogP contribution in [0.1, 0.15) is 0 Å². The van der Waals surface area contributed by atoms with E-state index in [-0.39, 0.29) is 0 Å². The lowest BCUT2D eigenvalue weighted by molar-refractivity contribution is 1.16. The van der Waals surface area contributed by atoms with Crippen LogP contribution in [0.4, 0.5) is 23.1 Å². The van der Waals surface area contributed by atoms with Gasteiger partial charge in [-0.2, -0.15) is 0 Å². The molecule has 0 aliphatic heterocycles. The summed E-state index contributed by atoms with van der Waals surface area (Å²) >= 11 is 0. The minimum Gasteiger partial charge on any atom is -0.340 e. The van der Waals surface area contributed by atoms with Gasteiger partial charge in [0.15, 0.2) is 0 Å². The molecule has 0 amide bonds. The van der Waals surface area contributed by atoms with E-state index in [2.05, 4.69) is 31.7 Å². The summed E-state index contributed by atoms with van der Waals surface area (Å²) in [5, 5.41) is 8.71. The van der Waals surface area contributed by atoms with Gasteiger partial charge in [0, 0.05) is 23.3 Å². The Kier molecular flexibility index (Phi) is 3.73. The first kappa shape index (κ1) is 14.1. The second-order valence-electron chi connectivity index (χ2n) is 5.29. The molecular formula is C19H15N5. The summed E-state index contributed by atoms with van der Waals surface area (Å²) in [7, 11) is 0. The van der Waals surface area contributed by atoms with Crippen LogP contribution in [0, 0.1) is 0 Å². The number of nitrogens with one attached hydrogen (secondary N) is 2. The van der Waals surface area contributed by atoms with Gasteiger partial charge in [0.2, 0.25) is 0 Å². The van der Waals surface area contributed by atoms with Gasteiger partial charge < -0.3 is 10.6 Å². The van der Waals surface area contributed by atoms with E-state index in [0.717, 1.165) is 28.1 Å². The van der Waals surface area contributed by atoms with Gasteiger partial charge in [-0.25, -0.2) is 15.0 Å². The van der Waals surface area contributed by atoms with Crippen molar-refractivity contribution in [2.24, 2.45) is 0 Å². The number of rotatable bonds is 4. The Morgan fingerprint density at radius 1 is 0.667 bits per heavy atom. The van der Waals surface area contributed by atoms with E-state index in [1.807, 2.05) is 60.7 Å². The van der Waals surface area contributed by atoms with E-state index in [1.165, 1.54) is 6.33 Å². The Bertz CT molecular complexity index is 964. The molecule has 0 aliphatic rings. The molecule has 0 spiro atoms. The third-order valence-corrected chi connectivity index (χ3v) is 3.63. The van der Waals surface area contributed by atoms with Crippen LogP contribution in [0.2, 0.25) is 0 Å². The number of hydrogen-bond donors (Lipinski definition) is 2. The molecule has 5 heteroatoms. The molecule has 4 rings (SSSR count). The molecule has 0 atom stereocenters. The predicted octanol–water partition coefficient (Wildman–Crippen LogP) is 4.51. The minimum atomic E-state index is 0.687. The van der Waals surface area contributed by atoms with E-state index < -0.39 is 0 Å². The molecule has 5 nitrogen and oxygen atoms in total. The topological polar surface area (TPSA) is 62.7 Å². The van der Waals surface area contributed by atoms with Gasteiger partial charge in [-0.3, -0.25) is 0 Å². The Balaban J connectivity index is 1.62. The van der Waals surface area contributed by atoms with Crippen LogP contribution >= 0.6 is 0 Å². The Morgan fingerprint density at radius 3 is 2.29 bits per heavy atom. The number of anilines is 4. The maximum Gasteiger partial charge on any atom is 0.139 e. The highest BCUT2D eigenvalue weighted by Crippen LogP contribution is 2.24. The second-order valence-corrected chi connectivity index (χ2v) is 5.29. The third kappa shape index (κ3) is 3.01. The van der Waals surface area contributed by atoms with Crippen molar-refractivity contribution >= 4 is 33.9 Å². The predicted molar refractivity (Wildman–Crippen MR) is 96.8 cm³/mol. The summed E-state index contributed by atoms with van der Waals surface area (Å²) in [5.74, 6) is 2.18. The lowest BCUT2D eigenvalue weighted by atomic mass is 10.1. The van der Waals surface area contributed by atoms with E-state index in [1.54, 1.807) is 6.20 Å². The van der Waals surface area contributed by atoms with E-state index in [9.17, 15) is 0 Å². The number of hydrogen-bond acceptors (Lipinski definition) is 5. The van der Waals surface area contributed by atoms with E-state index >= 15 is 0 Å². The molecular weight excluding hydrogens is 298 g/mol. The van der Waals surface area contributed by atoms with Crippen LogP contribution < -0.4 is 10.6 Å². The molecule has 4 aromatic rings. The number of benzene rings is 2. The Morgan fingerprint density at radius 2 is 1.42 bits per heavy atom. The average Bonchev–Trinajstić information content (AvgIpc) is 2.63. The third-order valence-electron chi connectivity index (χ3n) is 3.63. The van der Waals surface area contributed by atoms with Crippen molar-refractivity contribution in [1.29, 1.82) is 0 Å². The molecule has 2 N–H and O–H groups in total. The van der Waals surface area contributed by atoms with Crippen LogP contribution in [0.25, 0.3) is 10.8 Å². The summed E-state index contributed by atoms with van der Waals surface area (Å²) < 4.78 is 0. The fourth-order valence-corrected chi connectivity index (χ4v) is 2.50. The zero-order chi connectivity index (χ0) is 16.2. The quantitative estimate of drug-likeness (QED) is 0.580. The van der Waals surface area contributed by atoms with E-state index in [4.69, 9.17) is 0 Å². The normalized spacial score (nSPS) is 10.5. The minimum absolute atomic E-state index is 0.687. The van der Waals surface area contributed by atoms with Crippen LogP contribution in [0.5, 0.6) is 0 Å². The molecule has 0 bridgehead atoms. The lowest BCUT2D eigenvalue weighted by Gasteiger charge is -2.10. The fourth-order valence-electron chi connectivity index (χ4n) is 2.50. The number of fused-ring (bicyclic) bond motifs is 1. The summed E-state index contributed by atoms with van der Waals surface area (Å²) in [6.07, 6.45) is 3.31. The zero-order valence-corrected chi connectivity index (χ0v) is 12.8. The summed E-state index contributed by atoms with van der Waals surface area (Å²) in [5.41, 5.74) is 0.977. The fraction of sp³-hybridized carbons (Fsp3) is 0. The first-order valence-corrected chi connectivity index (χ1v) is 7.63. The molecule has 0 fully saturated rings. The number of para-hydroxylation sites is 1. The summed E-state index contributed by atoms with van der Waals surface area (Å²) in [6, 6.07) is 21.9. The smallest absolute Gasteiger partial charge is 0.139 e. The number of aromatic nitrogens is 3. The molecule has 2 aromatic heterocycles. The molecule has 0 saturated carbocycles. The van der Waals surface area contributed by atoms with Crippen molar-refractivity contribution in [3.8, 4) is 0 Å². The average molecular weight is 313 g/mol. The van der Waals surface area contributed by atoms with Crippen molar-refractivity contribution in [3.63, 3.8) is 0 Å². The molecule has 24 heavy (non-hydrogen) atoms. The first-order chi connectivity index (χ1) is 11.9. The Labute approximate surface area is 139 Å². The van der Waals surface area contributed by atoms with E-state index in [0.29, 0.717) is 5.82 Å². The monoisotopic (exact) mass is 313 g/mol. The van der Waals surface area contributed by atoms with Crippen molar-refractivity contribution < 1.29 is 0 Å². The van der Waals surface area contributed by atoms with Crippen LogP contribution in [-0.2, 0) is 0 Å². The van der Waals surface area contributed by atoms with Crippen LogP contribution in [0.3, 0.4) is 0 Å². The van der Waals surface area contributed by atoms with Crippen molar-refractivity contribution in [2.45, 2.75) is 0 Å². The first-order valence-electron chi connectivity index (χ1n) is 7.63. The van der Waals surface area contributed by atoms with Crippen LogP contribution in [0.15, 0.2) is 79.3 Å². The lowest BCUT2D eigenvalue weighted by Crippen LogP contribution is -2.00. The van der Waals surface area contributed by atoms with Gasteiger partial charge in [-0.1, -0.05) is 42.5 Å². The highest BCUT2D eigenvalue weighted by Gasteiger charge is 2.04. The van der Waals surface area contributed by atoms with Crippen molar-refractivity contribution in [1.82, 2.24) is 15.0 Å². The molecule has 116 valence electrons. The maximum absolute atomic E-state index is 4.42. The van der Waals surface area contributed by atoms with Gasteiger partial charge in [-0.15, -0.1) is 0 Å². The zero-order valence-electron chi connectivity index (χ0n) is 12.8. The van der Waals surface area contributed by atoms with Gasteiger partial charge in [-0.05, 0) is 23.6 Å². The maximum atomic E-state index is 4.42. The van der Waals surface area contributed by atoms with Gasteiger partial charge >= 0.3 is 0 Å². The largest absolute Gasteiger partial charge is 0.340 e. The second kappa shape index (κ2) is 6.34. The number of nitrogens with zero attached hydrogens (tertiary/aromatic N) is 3. The van der Waals surface area contributed by atoms with Crippen molar-refractivity contribution in [3.05, 3.63) is 79.3 Å². The summed E-state index contributed by atoms with van der Waals surface area (Å²) in [6.45, 7) is 0. The van der Waals surface area contributed by atoms with Crippen molar-refractivity contribution in [2.75, 3.05) is 10.6 Å². The van der Waals surface area contributed by atoms with Gasteiger partial charge in [0.1, 0.15) is 23.8 Å². The molecule has 0 unspecified atom stereocenters. The standard InChI is InChI=1S/C19H15N5/c1-2-7-15(8-3-1)23-17-12-18(22-13-21-17)24-19-16-9-5-4-6-14(16)10-11-20-19/h1-13H,(H2,20,21,22,23,24). The highest BCUT2D eigenvalue weighted by atomic mass is 15.1. The summed E-state index contributed by atoms with van der Waals surface area (Å²) in [4.78, 5) is 13.0. The molecule has 0 saturated heterocycles. The molecule has 0 radical (unpaired) electrons. The van der Waals surface area contributed by atoms with Gasteiger partial charge in [0.05, 0.1) is 0 Å². The number of pyridine rings is 1. The van der Waals surface area contributed by atoms with Crippen LogP contribution in [-0.4, -0.2) is 15.0 Å². The SMILES string of the molecule is c1ccc(Nc2cc(Nc3nccc4ccccc34)ncn2)cc1. The molecule has 0 aliphatic carbocycles. The van der Waals surface area contributed by atoms with Gasteiger partial charge in [0.25, 0.3) is 0 Å². The molecule has 2 heterocycles. The highest BCUT2D eigenvalue weighted by molar-refractivity contribution is 5.92. The molecule has 2 aromatic carbocycles.